The SMILES string of the molecule is CC(NC(=O)OC(C)(C)C)c1ccc(N2CCCC2)cc1. The molecule has 1 fully saturated rings. The molecule has 0 radical (unpaired) electrons. The van der Waals surface area contributed by atoms with E-state index in [-0.39, 0.29) is 12.1 Å². The Balaban J connectivity index is 1.93. The summed E-state index contributed by atoms with van der Waals surface area (Å²) in [6.45, 7) is 9.84. The summed E-state index contributed by atoms with van der Waals surface area (Å²) < 4.78 is 5.28. The third kappa shape index (κ3) is 4.66. The molecule has 1 heterocycles. The highest BCUT2D eigenvalue weighted by Gasteiger charge is 2.18. The quantitative estimate of drug-likeness (QED) is 0.918. The number of alkyl carbamates (subject to hydrolysis) is 1. The maximum atomic E-state index is 11.8. The second-order valence-corrected chi connectivity index (χ2v) is 6.65. The monoisotopic (exact) mass is 290 g/mol. The van der Waals surface area contributed by atoms with Gasteiger partial charge < -0.3 is 15.0 Å². The second-order valence-electron chi connectivity index (χ2n) is 6.65. The van der Waals surface area contributed by atoms with Crippen LogP contribution >= 0.6 is 0 Å². The first kappa shape index (κ1) is 15.7. The van der Waals surface area contributed by atoms with Crippen molar-refractivity contribution in [2.75, 3.05) is 18.0 Å². The average molecular weight is 290 g/mol. The lowest BCUT2D eigenvalue weighted by atomic mass is 10.1. The van der Waals surface area contributed by atoms with Gasteiger partial charge in [-0.2, -0.15) is 0 Å². The van der Waals surface area contributed by atoms with E-state index in [1.807, 2.05) is 27.7 Å². The molecule has 0 spiro atoms. The number of anilines is 1. The molecule has 4 nitrogen and oxygen atoms in total. The van der Waals surface area contributed by atoms with Crippen molar-refractivity contribution < 1.29 is 9.53 Å². The summed E-state index contributed by atoms with van der Waals surface area (Å²) in [5.41, 5.74) is 1.88. The number of benzene rings is 1. The zero-order chi connectivity index (χ0) is 15.5. The number of hydrogen-bond donors (Lipinski definition) is 1. The van der Waals surface area contributed by atoms with Gasteiger partial charge in [-0.1, -0.05) is 12.1 Å². The van der Waals surface area contributed by atoms with E-state index >= 15 is 0 Å². The smallest absolute Gasteiger partial charge is 0.408 e. The minimum absolute atomic E-state index is 0.0625. The van der Waals surface area contributed by atoms with Crippen molar-refractivity contribution in [3.63, 3.8) is 0 Å². The van der Waals surface area contributed by atoms with Crippen LogP contribution in [0.25, 0.3) is 0 Å². The molecular formula is C17H26N2O2. The molecule has 1 aliphatic heterocycles. The van der Waals surface area contributed by atoms with Gasteiger partial charge in [-0.3, -0.25) is 0 Å². The molecule has 1 N–H and O–H groups in total. The Morgan fingerprint density at radius 2 is 1.76 bits per heavy atom. The molecule has 2 rings (SSSR count). The highest BCUT2D eigenvalue weighted by Crippen LogP contribution is 2.22. The van der Waals surface area contributed by atoms with Crippen LogP contribution in [0.2, 0.25) is 0 Å². The van der Waals surface area contributed by atoms with Gasteiger partial charge in [0.05, 0.1) is 6.04 Å². The van der Waals surface area contributed by atoms with Gasteiger partial charge >= 0.3 is 6.09 Å². The van der Waals surface area contributed by atoms with E-state index in [4.69, 9.17) is 4.74 Å². The van der Waals surface area contributed by atoms with Gasteiger partial charge in [0.2, 0.25) is 0 Å². The fourth-order valence-corrected chi connectivity index (χ4v) is 2.52. The van der Waals surface area contributed by atoms with Crippen LogP contribution in [0.5, 0.6) is 0 Å². The lowest BCUT2D eigenvalue weighted by Crippen LogP contribution is -2.34. The van der Waals surface area contributed by atoms with Gasteiger partial charge in [0.1, 0.15) is 5.60 Å². The van der Waals surface area contributed by atoms with Gasteiger partial charge in [0.15, 0.2) is 0 Å². The Kier molecular flexibility index (Phi) is 4.76. The summed E-state index contributed by atoms with van der Waals surface area (Å²) in [4.78, 5) is 14.2. The highest BCUT2D eigenvalue weighted by atomic mass is 16.6. The molecule has 0 saturated carbocycles. The van der Waals surface area contributed by atoms with E-state index in [1.54, 1.807) is 0 Å². The van der Waals surface area contributed by atoms with Gasteiger partial charge in [-0.15, -0.1) is 0 Å². The Morgan fingerprint density at radius 1 is 1.19 bits per heavy atom. The molecule has 0 aliphatic carbocycles. The van der Waals surface area contributed by atoms with Crippen molar-refractivity contribution in [1.29, 1.82) is 0 Å². The van der Waals surface area contributed by atoms with Gasteiger partial charge in [-0.25, -0.2) is 4.79 Å². The molecule has 1 unspecified atom stereocenters. The van der Waals surface area contributed by atoms with Crippen molar-refractivity contribution in [3.8, 4) is 0 Å². The van der Waals surface area contributed by atoms with Crippen LogP contribution in [0.1, 0.15) is 52.1 Å². The minimum Gasteiger partial charge on any atom is -0.444 e. The average Bonchev–Trinajstić information content (AvgIpc) is 2.90. The standard InChI is InChI=1S/C17H26N2O2/c1-13(18-16(20)21-17(2,3)4)14-7-9-15(10-8-14)19-11-5-6-12-19/h7-10,13H,5-6,11-12H2,1-4H3,(H,18,20). The van der Waals surface area contributed by atoms with Gasteiger partial charge in [0, 0.05) is 18.8 Å². The maximum absolute atomic E-state index is 11.8. The van der Waals surface area contributed by atoms with Crippen molar-refractivity contribution in [1.82, 2.24) is 5.32 Å². The molecule has 0 bridgehead atoms. The largest absolute Gasteiger partial charge is 0.444 e. The zero-order valence-electron chi connectivity index (χ0n) is 13.5. The number of rotatable bonds is 3. The number of amides is 1. The number of hydrogen-bond acceptors (Lipinski definition) is 3. The molecule has 116 valence electrons. The molecule has 21 heavy (non-hydrogen) atoms. The molecule has 1 saturated heterocycles. The van der Waals surface area contributed by atoms with E-state index in [9.17, 15) is 4.79 Å². The summed E-state index contributed by atoms with van der Waals surface area (Å²) in [5, 5.41) is 2.87. The number of ether oxygens (including phenoxy) is 1. The lowest BCUT2D eigenvalue weighted by Gasteiger charge is -2.23. The zero-order valence-corrected chi connectivity index (χ0v) is 13.5. The topological polar surface area (TPSA) is 41.6 Å². The van der Waals surface area contributed by atoms with Crippen LogP contribution < -0.4 is 10.2 Å². The Hall–Kier alpha value is -1.71. The molecule has 1 aliphatic rings. The third-order valence-corrected chi connectivity index (χ3v) is 3.60. The van der Waals surface area contributed by atoms with E-state index in [0.717, 1.165) is 18.7 Å². The van der Waals surface area contributed by atoms with E-state index in [0.29, 0.717) is 0 Å². The Bertz CT molecular complexity index is 471. The molecule has 1 atom stereocenters. The van der Waals surface area contributed by atoms with Gasteiger partial charge in [-0.05, 0) is 58.2 Å². The van der Waals surface area contributed by atoms with E-state index in [1.165, 1.54) is 18.5 Å². The number of carbonyl (C=O) groups excluding carboxylic acids is 1. The summed E-state index contributed by atoms with van der Waals surface area (Å²) in [7, 11) is 0. The predicted molar refractivity (Wildman–Crippen MR) is 85.7 cm³/mol. The number of carbonyl (C=O) groups is 1. The van der Waals surface area contributed by atoms with E-state index < -0.39 is 5.60 Å². The second kappa shape index (κ2) is 6.37. The molecule has 1 aromatic carbocycles. The summed E-state index contributed by atoms with van der Waals surface area (Å²) in [6, 6.07) is 8.36. The first-order valence-corrected chi connectivity index (χ1v) is 7.69. The fraction of sp³-hybridized carbons (Fsp3) is 0.588. The normalized spacial score (nSPS) is 16.7. The van der Waals surface area contributed by atoms with Crippen molar-refractivity contribution in [3.05, 3.63) is 29.8 Å². The van der Waals surface area contributed by atoms with Crippen molar-refractivity contribution >= 4 is 11.8 Å². The minimum atomic E-state index is -0.469. The number of nitrogens with zero attached hydrogens (tertiary/aromatic N) is 1. The van der Waals surface area contributed by atoms with Crippen molar-refractivity contribution in [2.45, 2.75) is 52.2 Å². The number of nitrogens with one attached hydrogen (secondary N) is 1. The Morgan fingerprint density at radius 3 is 2.29 bits per heavy atom. The van der Waals surface area contributed by atoms with Crippen LogP contribution in [0.4, 0.5) is 10.5 Å². The van der Waals surface area contributed by atoms with E-state index in [2.05, 4.69) is 34.5 Å². The fourth-order valence-electron chi connectivity index (χ4n) is 2.52. The molecule has 0 aromatic heterocycles. The van der Waals surface area contributed by atoms with Crippen LogP contribution in [-0.2, 0) is 4.74 Å². The lowest BCUT2D eigenvalue weighted by molar-refractivity contribution is 0.0508. The molecule has 1 amide bonds. The first-order chi connectivity index (χ1) is 9.85. The van der Waals surface area contributed by atoms with Crippen LogP contribution in [-0.4, -0.2) is 24.8 Å². The molecular weight excluding hydrogens is 264 g/mol. The Labute approximate surface area is 127 Å². The van der Waals surface area contributed by atoms with Crippen molar-refractivity contribution in [2.24, 2.45) is 0 Å². The molecule has 1 aromatic rings. The summed E-state index contributed by atoms with van der Waals surface area (Å²) in [6.07, 6.45) is 2.18. The summed E-state index contributed by atoms with van der Waals surface area (Å²) in [5.74, 6) is 0. The van der Waals surface area contributed by atoms with Crippen LogP contribution in [0, 0.1) is 0 Å². The van der Waals surface area contributed by atoms with Gasteiger partial charge in [0.25, 0.3) is 0 Å². The first-order valence-electron chi connectivity index (χ1n) is 7.69. The molecule has 4 heteroatoms. The highest BCUT2D eigenvalue weighted by molar-refractivity contribution is 5.68. The predicted octanol–water partition coefficient (Wildman–Crippen LogP) is 3.87. The third-order valence-electron chi connectivity index (χ3n) is 3.60. The summed E-state index contributed by atoms with van der Waals surface area (Å²) >= 11 is 0. The maximum Gasteiger partial charge on any atom is 0.408 e. The van der Waals surface area contributed by atoms with Crippen LogP contribution in [0.15, 0.2) is 24.3 Å². The van der Waals surface area contributed by atoms with Crippen LogP contribution in [0.3, 0.4) is 0 Å².